The molecule has 2 aromatic carbocycles. The summed E-state index contributed by atoms with van der Waals surface area (Å²) in [6, 6.07) is 14.7. The van der Waals surface area contributed by atoms with Crippen molar-refractivity contribution in [1.82, 2.24) is 15.1 Å². The van der Waals surface area contributed by atoms with Crippen LogP contribution in [0.2, 0.25) is 0 Å². The first-order valence-electron chi connectivity index (χ1n) is 10.7. The highest BCUT2D eigenvalue weighted by Gasteiger charge is 2.40. The average molecular weight is 451 g/mol. The lowest BCUT2D eigenvalue weighted by Crippen LogP contribution is -2.67. The predicted molar refractivity (Wildman–Crippen MR) is 134 cm³/mol. The topological polar surface area (TPSA) is 68.1 Å². The fourth-order valence-corrected chi connectivity index (χ4v) is 4.35. The molecule has 0 amide bonds. The van der Waals surface area contributed by atoms with Gasteiger partial charge < -0.3 is 15.1 Å². The van der Waals surface area contributed by atoms with Gasteiger partial charge in [-0.15, -0.1) is 17.5 Å². The highest BCUT2D eigenvalue weighted by molar-refractivity contribution is 5.95. The molecule has 0 aliphatic carbocycles. The number of hydrogen-bond donors (Lipinski definition) is 1. The molecule has 1 fully saturated rings. The molecule has 0 spiro atoms. The first kappa shape index (κ1) is 23.8. The molecule has 1 saturated heterocycles. The number of rotatable bonds is 5. The monoisotopic (exact) mass is 450 g/mol. The van der Waals surface area contributed by atoms with Gasteiger partial charge in [0.1, 0.15) is 0 Å². The molecule has 1 aliphatic heterocycles. The number of likely N-dealkylation sites (N-methyl/N-ethyl adjacent to an activating group) is 1. The van der Waals surface area contributed by atoms with Gasteiger partial charge in [0.05, 0.1) is 28.9 Å². The van der Waals surface area contributed by atoms with Crippen LogP contribution in [0.5, 0.6) is 0 Å². The van der Waals surface area contributed by atoms with Gasteiger partial charge in [0, 0.05) is 29.5 Å². The van der Waals surface area contributed by atoms with E-state index in [2.05, 4.69) is 83.6 Å². The van der Waals surface area contributed by atoms with Gasteiger partial charge in [-0.05, 0) is 71.1 Å². The van der Waals surface area contributed by atoms with E-state index in [0.29, 0.717) is 5.56 Å². The van der Waals surface area contributed by atoms with E-state index >= 15 is 0 Å². The van der Waals surface area contributed by atoms with Crippen molar-refractivity contribution in [3.05, 3.63) is 58.8 Å². The SMILES string of the molecule is Cc1c(C#N)cccc1C(C)Nc1nnc(C)c2ccc(N3CC(C)(N(C)C)C3)cc12.Cl. The molecule has 32 heavy (non-hydrogen) atoms. The third-order valence-corrected chi connectivity index (χ3v) is 6.77. The average Bonchev–Trinajstić information content (AvgIpc) is 2.73. The van der Waals surface area contributed by atoms with E-state index in [1.54, 1.807) is 0 Å². The van der Waals surface area contributed by atoms with Gasteiger partial charge in [-0.1, -0.05) is 18.2 Å². The maximum absolute atomic E-state index is 9.37. The number of fused-ring (bicyclic) bond motifs is 1. The third-order valence-electron chi connectivity index (χ3n) is 6.77. The van der Waals surface area contributed by atoms with Gasteiger partial charge in [0.15, 0.2) is 5.82 Å². The molecule has 0 saturated carbocycles. The van der Waals surface area contributed by atoms with E-state index in [4.69, 9.17) is 0 Å². The molecule has 4 rings (SSSR count). The van der Waals surface area contributed by atoms with E-state index in [0.717, 1.165) is 46.5 Å². The normalized spacial score (nSPS) is 15.6. The minimum Gasteiger partial charge on any atom is -0.368 e. The molecule has 1 N–H and O–H groups in total. The Hall–Kier alpha value is -2.88. The number of halogens is 1. The van der Waals surface area contributed by atoms with Crippen LogP contribution in [0.1, 0.15) is 42.3 Å². The van der Waals surface area contributed by atoms with Crippen molar-refractivity contribution in [2.24, 2.45) is 0 Å². The molecule has 1 aromatic heterocycles. The lowest BCUT2D eigenvalue weighted by Gasteiger charge is -2.53. The molecule has 168 valence electrons. The van der Waals surface area contributed by atoms with Crippen molar-refractivity contribution in [2.45, 2.75) is 39.3 Å². The third kappa shape index (κ3) is 4.11. The molecule has 1 unspecified atom stereocenters. The van der Waals surface area contributed by atoms with Gasteiger partial charge in [-0.2, -0.15) is 10.4 Å². The second kappa shape index (κ2) is 8.93. The maximum atomic E-state index is 9.37. The van der Waals surface area contributed by atoms with E-state index in [-0.39, 0.29) is 24.0 Å². The van der Waals surface area contributed by atoms with Crippen LogP contribution in [0.4, 0.5) is 11.5 Å². The summed E-state index contributed by atoms with van der Waals surface area (Å²) in [7, 11) is 4.28. The number of hydrogen-bond acceptors (Lipinski definition) is 6. The molecule has 1 atom stereocenters. The van der Waals surface area contributed by atoms with Gasteiger partial charge in [-0.25, -0.2) is 0 Å². The van der Waals surface area contributed by atoms with E-state index in [1.807, 2.05) is 26.0 Å². The lowest BCUT2D eigenvalue weighted by atomic mass is 9.90. The van der Waals surface area contributed by atoms with Gasteiger partial charge >= 0.3 is 0 Å². The van der Waals surface area contributed by atoms with Crippen LogP contribution in [-0.4, -0.2) is 47.8 Å². The second-order valence-electron chi connectivity index (χ2n) is 9.11. The molecule has 0 bridgehead atoms. The molecular formula is C25H31ClN6. The zero-order valence-electron chi connectivity index (χ0n) is 19.6. The maximum Gasteiger partial charge on any atom is 0.157 e. The Balaban J connectivity index is 0.00000289. The molecule has 1 aliphatic rings. The van der Waals surface area contributed by atoms with Crippen LogP contribution in [0, 0.1) is 25.2 Å². The van der Waals surface area contributed by atoms with Gasteiger partial charge in [0.25, 0.3) is 0 Å². The molecular weight excluding hydrogens is 420 g/mol. The summed E-state index contributed by atoms with van der Waals surface area (Å²) in [6.07, 6.45) is 0. The van der Waals surface area contributed by atoms with Gasteiger partial charge in [0.2, 0.25) is 0 Å². The van der Waals surface area contributed by atoms with Crippen LogP contribution < -0.4 is 10.2 Å². The Labute approximate surface area is 196 Å². The zero-order chi connectivity index (χ0) is 22.3. The summed E-state index contributed by atoms with van der Waals surface area (Å²) in [6.45, 7) is 10.4. The fraction of sp³-hybridized carbons (Fsp3) is 0.400. The summed E-state index contributed by atoms with van der Waals surface area (Å²) in [5.74, 6) is 0.771. The van der Waals surface area contributed by atoms with Crippen molar-refractivity contribution >= 4 is 34.7 Å². The van der Waals surface area contributed by atoms with Crippen molar-refractivity contribution in [3.8, 4) is 6.07 Å². The van der Waals surface area contributed by atoms with Crippen molar-refractivity contribution < 1.29 is 0 Å². The number of nitriles is 1. The Morgan fingerprint density at radius 1 is 1.12 bits per heavy atom. The number of nitrogens with one attached hydrogen (secondary N) is 1. The minimum absolute atomic E-state index is 0. The van der Waals surface area contributed by atoms with Crippen LogP contribution in [0.25, 0.3) is 10.8 Å². The summed E-state index contributed by atoms with van der Waals surface area (Å²) in [4.78, 5) is 4.70. The Kier molecular flexibility index (Phi) is 6.64. The molecule has 7 heteroatoms. The Bertz CT molecular complexity index is 1180. The number of aryl methyl sites for hydroxylation is 1. The van der Waals surface area contributed by atoms with Crippen LogP contribution in [0.3, 0.4) is 0 Å². The Morgan fingerprint density at radius 2 is 1.84 bits per heavy atom. The molecule has 3 aromatic rings. The smallest absolute Gasteiger partial charge is 0.157 e. The molecule has 0 radical (unpaired) electrons. The lowest BCUT2D eigenvalue weighted by molar-refractivity contribution is 0.133. The summed E-state index contributed by atoms with van der Waals surface area (Å²) in [5.41, 5.74) is 5.13. The standard InChI is InChI=1S/C25H30N6.ClH/c1-16-19(13-26)8-7-9-21(16)17(2)27-24-23-12-20(10-11-22(23)18(3)28-29-24)31-14-25(4,15-31)30(5)6;/h7-12,17H,14-15H2,1-6H3,(H,27,29);1H. The van der Waals surface area contributed by atoms with Crippen molar-refractivity contribution in [1.29, 1.82) is 5.26 Å². The number of aromatic nitrogens is 2. The molecule has 6 nitrogen and oxygen atoms in total. The molecule has 2 heterocycles. The highest BCUT2D eigenvalue weighted by atomic mass is 35.5. The van der Waals surface area contributed by atoms with Crippen molar-refractivity contribution in [2.75, 3.05) is 37.4 Å². The Morgan fingerprint density at radius 3 is 2.50 bits per heavy atom. The van der Waals surface area contributed by atoms with Crippen LogP contribution in [-0.2, 0) is 0 Å². The van der Waals surface area contributed by atoms with E-state index in [1.165, 1.54) is 5.69 Å². The van der Waals surface area contributed by atoms with Crippen molar-refractivity contribution in [3.63, 3.8) is 0 Å². The first-order chi connectivity index (χ1) is 14.7. The summed E-state index contributed by atoms with van der Waals surface area (Å²) < 4.78 is 0. The zero-order valence-corrected chi connectivity index (χ0v) is 20.4. The number of benzene rings is 2. The van der Waals surface area contributed by atoms with Gasteiger partial charge in [-0.3, -0.25) is 0 Å². The van der Waals surface area contributed by atoms with E-state index < -0.39 is 0 Å². The minimum atomic E-state index is -0.00166. The van der Waals surface area contributed by atoms with Crippen LogP contribution in [0.15, 0.2) is 36.4 Å². The van der Waals surface area contributed by atoms with E-state index in [9.17, 15) is 5.26 Å². The number of anilines is 2. The summed E-state index contributed by atoms with van der Waals surface area (Å²) >= 11 is 0. The largest absolute Gasteiger partial charge is 0.368 e. The van der Waals surface area contributed by atoms with Crippen LogP contribution >= 0.6 is 12.4 Å². The summed E-state index contributed by atoms with van der Waals surface area (Å²) in [5, 5.41) is 24.0. The quantitative estimate of drug-likeness (QED) is 0.599. The predicted octanol–water partition coefficient (Wildman–Crippen LogP) is 4.85. The first-order valence-corrected chi connectivity index (χ1v) is 10.7. The number of nitrogens with zero attached hydrogens (tertiary/aromatic N) is 5. The second-order valence-corrected chi connectivity index (χ2v) is 9.11. The fourth-order valence-electron chi connectivity index (χ4n) is 4.35. The highest BCUT2D eigenvalue weighted by Crippen LogP contribution is 2.35.